The van der Waals surface area contributed by atoms with Crippen molar-refractivity contribution in [1.29, 1.82) is 0 Å². The zero-order valence-corrected chi connectivity index (χ0v) is 13.6. The summed E-state index contributed by atoms with van der Waals surface area (Å²) < 4.78 is 50.1. The van der Waals surface area contributed by atoms with Gasteiger partial charge in [-0.25, -0.2) is 21.9 Å². The zero-order valence-electron chi connectivity index (χ0n) is 11.2. The molecule has 1 aromatic rings. The SMILES string of the molecule is CC(C)NCc1ccc(S(=O)(=O)NCC(F)F)c(Br)c1. The highest BCUT2D eigenvalue weighted by Gasteiger charge is 2.19. The first-order valence-electron chi connectivity index (χ1n) is 6.02. The second-order valence-electron chi connectivity index (χ2n) is 4.54. The molecular weight excluding hydrogens is 354 g/mol. The Morgan fingerprint density at radius 1 is 1.30 bits per heavy atom. The molecule has 20 heavy (non-hydrogen) atoms. The van der Waals surface area contributed by atoms with Crippen molar-refractivity contribution in [3.63, 3.8) is 0 Å². The van der Waals surface area contributed by atoms with Crippen molar-refractivity contribution in [2.75, 3.05) is 6.54 Å². The quantitative estimate of drug-likeness (QED) is 0.775. The third-order valence-corrected chi connectivity index (χ3v) is 4.83. The van der Waals surface area contributed by atoms with Crippen LogP contribution in [0.2, 0.25) is 0 Å². The Kier molecular flexibility index (Phi) is 6.50. The van der Waals surface area contributed by atoms with Gasteiger partial charge in [-0.15, -0.1) is 0 Å². The number of halogens is 3. The number of nitrogens with one attached hydrogen (secondary N) is 2. The van der Waals surface area contributed by atoms with Gasteiger partial charge in [-0.3, -0.25) is 0 Å². The maximum atomic E-state index is 12.1. The Morgan fingerprint density at radius 3 is 2.45 bits per heavy atom. The number of alkyl halides is 2. The molecule has 0 fully saturated rings. The van der Waals surface area contributed by atoms with Crippen molar-refractivity contribution in [3.05, 3.63) is 28.2 Å². The number of hydrogen-bond donors (Lipinski definition) is 2. The summed E-state index contributed by atoms with van der Waals surface area (Å²) in [6.07, 6.45) is -2.72. The van der Waals surface area contributed by atoms with Crippen LogP contribution in [0.5, 0.6) is 0 Å². The van der Waals surface area contributed by atoms with Gasteiger partial charge >= 0.3 is 0 Å². The predicted molar refractivity (Wildman–Crippen MR) is 77.3 cm³/mol. The van der Waals surface area contributed by atoms with E-state index in [2.05, 4.69) is 21.2 Å². The molecule has 0 saturated heterocycles. The van der Waals surface area contributed by atoms with Crippen LogP contribution in [0.15, 0.2) is 27.6 Å². The van der Waals surface area contributed by atoms with E-state index in [-0.39, 0.29) is 4.90 Å². The van der Waals surface area contributed by atoms with Crippen LogP contribution in [0, 0.1) is 0 Å². The summed E-state index contributed by atoms with van der Waals surface area (Å²) in [5.41, 5.74) is 0.901. The van der Waals surface area contributed by atoms with E-state index in [1.807, 2.05) is 18.6 Å². The monoisotopic (exact) mass is 370 g/mol. The second-order valence-corrected chi connectivity index (χ2v) is 7.13. The van der Waals surface area contributed by atoms with Crippen LogP contribution < -0.4 is 10.0 Å². The molecule has 0 aliphatic rings. The molecule has 0 radical (unpaired) electrons. The number of sulfonamides is 1. The molecule has 0 unspecified atom stereocenters. The van der Waals surface area contributed by atoms with Gasteiger partial charge in [-0.05, 0) is 33.6 Å². The van der Waals surface area contributed by atoms with Crippen LogP contribution in [0.25, 0.3) is 0 Å². The summed E-state index contributed by atoms with van der Waals surface area (Å²) in [7, 11) is -3.93. The highest BCUT2D eigenvalue weighted by Crippen LogP contribution is 2.23. The lowest BCUT2D eigenvalue weighted by atomic mass is 10.2. The van der Waals surface area contributed by atoms with Gasteiger partial charge < -0.3 is 5.32 Å². The maximum Gasteiger partial charge on any atom is 0.251 e. The minimum Gasteiger partial charge on any atom is -0.310 e. The third-order valence-electron chi connectivity index (χ3n) is 2.43. The fraction of sp³-hybridized carbons (Fsp3) is 0.500. The van der Waals surface area contributed by atoms with E-state index in [0.717, 1.165) is 5.56 Å². The molecule has 4 nitrogen and oxygen atoms in total. The predicted octanol–water partition coefficient (Wildman–Crippen LogP) is 2.49. The molecule has 0 heterocycles. The van der Waals surface area contributed by atoms with Crippen molar-refractivity contribution < 1.29 is 17.2 Å². The third kappa shape index (κ3) is 5.43. The van der Waals surface area contributed by atoms with Gasteiger partial charge in [0.2, 0.25) is 10.0 Å². The molecule has 0 aromatic heterocycles. The molecule has 0 atom stereocenters. The molecule has 0 aliphatic carbocycles. The fourth-order valence-electron chi connectivity index (χ4n) is 1.44. The van der Waals surface area contributed by atoms with E-state index in [1.54, 1.807) is 12.1 Å². The van der Waals surface area contributed by atoms with Crippen LogP contribution in [0.4, 0.5) is 8.78 Å². The maximum absolute atomic E-state index is 12.1. The first-order valence-corrected chi connectivity index (χ1v) is 8.29. The topological polar surface area (TPSA) is 58.2 Å². The number of rotatable bonds is 7. The van der Waals surface area contributed by atoms with E-state index in [4.69, 9.17) is 0 Å². The summed E-state index contributed by atoms with van der Waals surface area (Å²) in [5.74, 6) is 0. The lowest BCUT2D eigenvalue weighted by molar-refractivity contribution is 0.153. The average molecular weight is 371 g/mol. The van der Waals surface area contributed by atoms with Gasteiger partial charge in [0, 0.05) is 17.1 Å². The first-order chi connectivity index (χ1) is 9.22. The Bertz CT molecular complexity index is 550. The molecule has 1 aromatic carbocycles. The smallest absolute Gasteiger partial charge is 0.251 e. The van der Waals surface area contributed by atoms with Gasteiger partial charge in [0.05, 0.1) is 11.4 Å². The van der Waals surface area contributed by atoms with E-state index < -0.39 is 23.0 Å². The molecular formula is C12H17BrF2N2O2S. The molecule has 0 spiro atoms. The lowest BCUT2D eigenvalue weighted by Gasteiger charge is -2.11. The zero-order chi connectivity index (χ0) is 15.3. The van der Waals surface area contributed by atoms with E-state index in [0.29, 0.717) is 17.1 Å². The molecule has 0 aliphatic heterocycles. The molecule has 0 saturated carbocycles. The summed E-state index contributed by atoms with van der Waals surface area (Å²) in [5, 5.41) is 3.20. The summed E-state index contributed by atoms with van der Waals surface area (Å²) in [6, 6.07) is 5.02. The van der Waals surface area contributed by atoms with Gasteiger partial charge in [-0.2, -0.15) is 0 Å². The summed E-state index contributed by atoms with van der Waals surface area (Å²) >= 11 is 3.16. The lowest BCUT2D eigenvalue weighted by Crippen LogP contribution is -2.29. The van der Waals surface area contributed by atoms with Crippen molar-refractivity contribution in [1.82, 2.24) is 10.0 Å². The van der Waals surface area contributed by atoms with Gasteiger partial charge in [0.25, 0.3) is 6.43 Å². The first kappa shape index (κ1) is 17.5. The highest BCUT2D eigenvalue weighted by molar-refractivity contribution is 9.10. The molecule has 1 rings (SSSR count). The minimum absolute atomic E-state index is 0.0496. The van der Waals surface area contributed by atoms with Gasteiger partial charge in [0.15, 0.2) is 0 Å². The summed E-state index contributed by atoms with van der Waals surface area (Å²) in [4.78, 5) is -0.0496. The molecule has 0 amide bonds. The summed E-state index contributed by atoms with van der Waals surface area (Å²) in [6.45, 7) is 3.71. The fourth-order valence-corrected chi connectivity index (χ4v) is 3.57. The van der Waals surface area contributed by atoms with Crippen molar-refractivity contribution in [2.45, 2.75) is 37.8 Å². The number of hydrogen-bond acceptors (Lipinski definition) is 3. The highest BCUT2D eigenvalue weighted by atomic mass is 79.9. The standard InChI is InChI=1S/C12H17BrF2N2O2S/c1-8(2)16-6-9-3-4-11(10(13)5-9)20(18,19)17-7-12(14)15/h3-5,8,12,16-17H,6-7H2,1-2H3. The van der Waals surface area contributed by atoms with Crippen molar-refractivity contribution >= 4 is 26.0 Å². The average Bonchev–Trinajstić information content (AvgIpc) is 2.34. The van der Waals surface area contributed by atoms with Crippen molar-refractivity contribution in [2.24, 2.45) is 0 Å². The van der Waals surface area contributed by atoms with Crippen LogP contribution >= 0.6 is 15.9 Å². The minimum atomic E-state index is -3.93. The van der Waals surface area contributed by atoms with Gasteiger partial charge in [-0.1, -0.05) is 19.9 Å². The Balaban J connectivity index is 2.87. The molecule has 0 bridgehead atoms. The Hall–Kier alpha value is -0.570. The normalized spacial score (nSPS) is 12.3. The van der Waals surface area contributed by atoms with E-state index in [1.165, 1.54) is 6.07 Å². The van der Waals surface area contributed by atoms with E-state index in [9.17, 15) is 17.2 Å². The van der Waals surface area contributed by atoms with Gasteiger partial charge in [0.1, 0.15) is 0 Å². The van der Waals surface area contributed by atoms with Crippen LogP contribution in [0.3, 0.4) is 0 Å². The molecule has 114 valence electrons. The van der Waals surface area contributed by atoms with Crippen LogP contribution in [0.1, 0.15) is 19.4 Å². The second kappa shape index (κ2) is 7.44. The number of benzene rings is 1. The van der Waals surface area contributed by atoms with Crippen molar-refractivity contribution in [3.8, 4) is 0 Å². The Morgan fingerprint density at radius 2 is 1.95 bits per heavy atom. The van der Waals surface area contributed by atoms with Crippen LogP contribution in [-0.2, 0) is 16.6 Å². The Labute approximate surface area is 126 Å². The largest absolute Gasteiger partial charge is 0.310 e. The molecule has 2 N–H and O–H groups in total. The van der Waals surface area contributed by atoms with E-state index >= 15 is 0 Å². The molecule has 8 heteroatoms. The van der Waals surface area contributed by atoms with Crippen LogP contribution in [-0.4, -0.2) is 27.4 Å².